The van der Waals surface area contributed by atoms with Gasteiger partial charge in [0, 0.05) is 18.6 Å². The molecular weight excluding hydrogens is 248 g/mol. The van der Waals surface area contributed by atoms with Gasteiger partial charge < -0.3 is 10.5 Å². The molecule has 1 aliphatic carbocycles. The summed E-state index contributed by atoms with van der Waals surface area (Å²) in [6, 6.07) is 9.09. The molecule has 1 aromatic carbocycles. The monoisotopic (exact) mass is 276 g/mol. The Kier molecular flexibility index (Phi) is 5.06. The summed E-state index contributed by atoms with van der Waals surface area (Å²) < 4.78 is 5.20. The van der Waals surface area contributed by atoms with E-state index in [0.29, 0.717) is 12.0 Å². The molecule has 0 spiro atoms. The van der Waals surface area contributed by atoms with Crippen LogP contribution in [-0.2, 0) is 6.54 Å². The third kappa shape index (κ3) is 3.53. The van der Waals surface area contributed by atoms with Crippen molar-refractivity contribution < 1.29 is 4.74 Å². The first-order valence-corrected chi connectivity index (χ1v) is 7.60. The van der Waals surface area contributed by atoms with Gasteiger partial charge in [0.05, 0.1) is 7.11 Å². The van der Waals surface area contributed by atoms with Crippen LogP contribution in [0.15, 0.2) is 24.3 Å². The van der Waals surface area contributed by atoms with Crippen molar-refractivity contribution in [2.75, 3.05) is 14.2 Å². The Balaban J connectivity index is 2.01. The van der Waals surface area contributed by atoms with Crippen molar-refractivity contribution in [3.8, 4) is 5.75 Å². The fourth-order valence-corrected chi connectivity index (χ4v) is 3.78. The number of nitrogens with zero attached hydrogens (tertiary/aromatic N) is 1. The number of nitrogens with two attached hydrogens (primary N) is 1. The number of hydrogen-bond acceptors (Lipinski definition) is 3. The topological polar surface area (TPSA) is 38.5 Å². The van der Waals surface area contributed by atoms with Gasteiger partial charge >= 0.3 is 0 Å². The number of benzene rings is 1. The molecule has 1 aromatic rings. The molecule has 1 fully saturated rings. The maximum absolute atomic E-state index is 6.40. The van der Waals surface area contributed by atoms with Crippen LogP contribution in [0.5, 0.6) is 5.75 Å². The van der Waals surface area contributed by atoms with Gasteiger partial charge in [0.2, 0.25) is 0 Å². The molecule has 1 aliphatic rings. The normalized spacial score (nSPS) is 30.5. The highest BCUT2D eigenvalue weighted by atomic mass is 16.5. The maximum atomic E-state index is 6.40. The first-order valence-electron chi connectivity index (χ1n) is 7.60. The summed E-state index contributed by atoms with van der Waals surface area (Å²) in [6.45, 7) is 5.60. The quantitative estimate of drug-likeness (QED) is 0.919. The highest BCUT2D eigenvalue weighted by Crippen LogP contribution is 2.31. The van der Waals surface area contributed by atoms with Gasteiger partial charge in [0.15, 0.2) is 0 Å². The molecule has 4 atom stereocenters. The Hall–Kier alpha value is -1.06. The molecule has 0 radical (unpaired) electrons. The standard InChI is InChI=1S/C17H28N2O/c1-12-9-13(2)17(16(18)10-12)19(3)11-14-5-7-15(20-4)8-6-14/h5-8,12-13,16-17H,9-11,18H2,1-4H3. The van der Waals surface area contributed by atoms with E-state index in [9.17, 15) is 0 Å². The first kappa shape index (κ1) is 15.3. The summed E-state index contributed by atoms with van der Waals surface area (Å²) in [6.07, 6.45) is 2.42. The van der Waals surface area contributed by atoms with Crippen LogP contribution in [0.4, 0.5) is 0 Å². The smallest absolute Gasteiger partial charge is 0.118 e. The molecule has 0 bridgehead atoms. The van der Waals surface area contributed by atoms with Crippen LogP contribution in [0, 0.1) is 11.8 Å². The highest BCUT2D eigenvalue weighted by Gasteiger charge is 2.34. The molecule has 0 aromatic heterocycles. The van der Waals surface area contributed by atoms with Crippen molar-refractivity contribution in [3.05, 3.63) is 29.8 Å². The Morgan fingerprint density at radius 1 is 1.20 bits per heavy atom. The summed E-state index contributed by atoms with van der Waals surface area (Å²) in [4.78, 5) is 2.42. The number of hydrogen-bond donors (Lipinski definition) is 1. The van der Waals surface area contributed by atoms with Crippen LogP contribution in [0.1, 0.15) is 32.3 Å². The SMILES string of the molecule is COc1ccc(CN(C)C2C(C)CC(C)CC2N)cc1. The van der Waals surface area contributed by atoms with Crippen LogP contribution >= 0.6 is 0 Å². The minimum absolute atomic E-state index is 0.289. The summed E-state index contributed by atoms with van der Waals surface area (Å²) in [7, 11) is 3.90. The predicted octanol–water partition coefficient (Wildman–Crippen LogP) is 2.89. The van der Waals surface area contributed by atoms with Crippen molar-refractivity contribution in [2.45, 2.75) is 45.3 Å². The van der Waals surface area contributed by atoms with Gasteiger partial charge in [0.25, 0.3) is 0 Å². The average Bonchev–Trinajstić information content (AvgIpc) is 2.38. The minimum Gasteiger partial charge on any atom is -0.497 e. The molecule has 0 heterocycles. The van der Waals surface area contributed by atoms with Gasteiger partial charge in [-0.2, -0.15) is 0 Å². The molecule has 1 saturated carbocycles. The van der Waals surface area contributed by atoms with Crippen molar-refractivity contribution >= 4 is 0 Å². The minimum atomic E-state index is 0.289. The zero-order valence-corrected chi connectivity index (χ0v) is 13.2. The van der Waals surface area contributed by atoms with Gasteiger partial charge in [-0.15, -0.1) is 0 Å². The van der Waals surface area contributed by atoms with Crippen LogP contribution in [0.25, 0.3) is 0 Å². The zero-order chi connectivity index (χ0) is 14.7. The molecule has 2 N–H and O–H groups in total. The van der Waals surface area contributed by atoms with E-state index in [1.54, 1.807) is 7.11 Å². The fourth-order valence-electron chi connectivity index (χ4n) is 3.78. The Labute approximate surface area is 123 Å². The molecule has 3 heteroatoms. The van der Waals surface area contributed by atoms with Gasteiger partial charge in [-0.25, -0.2) is 0 Å². The largest absolute Gasteiger partial charge is 0.497 e. The molecule has 0 aliphatic heterocycles. The summed E-state index contributed by atoms with van der Waals surface area (Å²) in [5.74, 6) is 2.33. The lowest BCUT2D eigenvalue weighted by molar-refractivity contribution is 0.0911. The van der Waals surface area contributed by atoms with E-state index in [4.69, 9.17) is 10.5 Å². The number of methoxy groups -OCH3 is 1. The average molecular weight is 276 g/mol. The van der Waals surface area contributed by atoms with Crippen molar-refractivity contribution in [2.24, 2.45) is 17.6 Å². The highest BCUT2D eigenvalue weighted by molar-refractivity contribution is 5.27. The Bertz CT molecular complexity index is 406. The Morgan fingerprint density at radius 2 is 1.85 bits per heavy atom. The summed E-state index contributed by atoms with van der Waals surface area (Å²) in [5.41, 5.74) is 7.71. The van der Waals surface area contributed by atoms with Crippen molar-refractivity contribution in [1.82, 2.24) is 4.90 Å². The third-order valence-electron chi connectivity index (χ3n) is 4.57. The molecular formula is C17H28N2O. The second-order valence-electron chi connectivity index (χ2n) is 6.47. The zero-order valence-electron chi connectivity index (χ0n) is 13.2. The van der Waals surface area contributed by atoms with Crippen LogP contribution in [0.2, 0.25) is 0 Å². The van der Waals surface area contributed by atoms with E-state index in [2.05, 4.69) is 37.9 Å². The summed E-state index contributed by atoms with van der Waals surface area (Å²) >= 11 is 0. The van der Waals surface area contributed by atoms with Crippen LogP contribution in [0.3, 0.4) is 0 Å². The number of ether oxygens (including phenoxy) is 1. The van der Waals surface area contributed by atoms with Crippen LogP contribution < -0.4 is 10.5 Å². The third-order valence-corrected chi connectivity index (χ3v) is 4.57. The molecule has 4 unspecified atom stereocenters. The van der Waals surface area contributed by atoms with Gasteiger partial charge in [-0.3, -0.25) is 4.90 Å². The Morgan fingerprint density at radius 3 is 2.40 bits per heavy atom. The van der Waals surface area contributed by atoms with Gasteiger partial charge in [-0.1, -0.05) is 26.0 Å². The van der Waals surface area contributed by atoms with E-state index in [-0.39, 0.29) is 6.04 Å². The number of rotatable bonds is 4. The number of likely N-dealkylation sites (N-methyl/N-ethyl adjacent to an activating group) is 1. The van der Waals surface area contributed by atoms with E-state index in [1.807, 2.05) is 12.1 Å². The fraction of sp³-hybridized carbons (Fsp3) is 0.647. The van der Waals surface area contributed by atoms with E-state index < -0.39 is 0 Å². The molecule has 112 valence electrons. The molecule has 2 rings (SSSR count). The second-order valence-corrected chi connectivity index (χ2v) is 6.47. The van der Waals surface area contributed by atoms with E-state index in [0.717, 1.165) is 24.6 Å². The predicted molar refractivity (Wildman–Crippen MR) is 83.8 cm³/mol. The van der Waals surface area contributed by atoms with Gasteiger partial charge in [0.1, 0.15) is 5.75 Å². The lowest BCUT2D eigenvalue weighted by Crippen LogP contribution is -2.53. The lowest BCUT2D eigenvalue weighted by atomic mass is 9.76. The van der Waals surface area contributed by atoms with E-state index in [1.165, 1.54) is 12.0 Å². The molecule has 0 saturated heterocycles. The lowest BCUT2D eigenvalue weighted by Gasteiger charge is -2.43. The molecule has 3 nitrogen and oxygen atoms in total. The van der Waals surface area contributed by atoms with Crippen molar-refractivity contribution in [3.63, 3.8) is 0 Å². The molecule has 0 amide bonds. The maximum Gasteiger partial charge on any atom is 0.118 e. The molecule has 20 heavy (non-hydrogen) atoms. The first-order chi connectivity index (χ1) is 9.51. The van der Waals surface area contributed by atoms with Gasteiger partial charge in [-0.05, 0) is 49.4 Å². The second kappa shape index (κ2) is 6.59. The van der Waals surface area contributed by atoms with Crippen LogP contribution in [-0.4, -0.2) is 31.1 Å². The summed E-state index contributed by atoms with van der Waals surface area (Å²) in [5, 5.41) is 0. The van der Waals surface area contributed by atoms with E-state index >= 15 is 0 Å². The van der Waals surface area contributed by atoms with Crippen molar-refractivity contribution in [1.29, 1.82) is 0 Å².